The number of aryl methyl sites for hydroxylation is 2. The largest absolute Gasteiger partial charge is 0.465 e. The summed E-state index contributed by atoms with van der Waals surface area (Å²) in [7, 11) is 2.74. The molecule has 3 aliphatic rings. The van der Waals surface area contributed by atoms with Gasteiger partial charge in [-0.25, -0.2) is 19.6 Å². The Kier molecular flexibility index (Phi) is 10.8. The Labute approximate surface area is 326 Å². The van der Waals surface area contributed by atoms with Gasteiger partial charge >= 0.3 is 12.2 Å². The van der Waals surface area contributed by atoms with E-state index in [0.29, 0.717) is 18.9 Å². The minimum Gasteiger partial charge on any atom is -0.465 e. The zero-order valence-corrected chi connectivity index (χ0v) is 32.8. The molecule has 4 heterocycles. The van der Waals surface area contributed by atoms with Crippen molar-refractivity contribution in [2.75, 3.05) is 27.2 Å². The van der Waals surface area contributed by atoms with E-state index >= 15 is 0 Å². The Morgan fingerprint density at radius 3 is 2.16 bits per heavy atom. The van der Waals surface area contributed by atoms with Crippen molar-refractivity contribution >= 4 is 35.0 Å². The van der Waals surface area contributed by atoms with Crippen LogP contribution >= 0.6 is 0 Å². The first kappa shape index (κ1) is 38.4. The first-order chi connectivity index (χ1) is 26.8. The molecule has 1 unspecified atom stereocenters. The fourth-order valence-electron chi connectivity index (χ4n) is 8.46. The average Bonchev–Trinajstić information content (AvgIpc) is 4.00. The lowest BCUT2D eigenvalue weighted by molar-refractivity contribution is -0.138. The van der Waals surface area contributed by atoms with Gasteiger partial charge < -0.3 is 34.9 Å². The van der Waals surface area contributed by atoms with E-state index in [1.807, 2.05) is 56.9 Å². The van der Waals surface area contributed by atoms with Gasteiger partial charge in [-0.15, -0.1) is 0 Å². The number of nitrogens with one attached hydrogen (secondary N) is 3. The minimum absolute atomic E-state index is 0.107. The molecule has 0 saturated carbocycles. The maximum Gasteiger partial charge on any atom is 0.407 e. The monoisotopic (exact) mass is 762 g/mol. The second kappa shape index (κ2) is 15.7. The number of benzene rings is 2. The molecule has 4 aromatic rings. The molecule has 294 valence electrons. The van der Waals surface area contributed by atoms with Gasteiger partial charge in [0.1, 0.15) is 23.7 Å². The number of H-pyrrole nitrogens is 2. The first-order valence-electron chi connectivity index (χ1n) is 19.5. The summed E-state index contributed by atoms with van der Waals surface area (Å²) in [5.74, 6) is 7.48. The van der Waals surface area contributed by atoms with Crippen LogP contribution in [0.3, 0.4) is 0 Å². The van der Waals surface area contributed by atoms with Crippen LogP contribution in [-0.4, -0.2) is 103 Å². The molecule has 4 amide bonds. The van der Waals surface area contributed by atoms with Crippen LogP contribution in [0.25, 0.3) is 22.3 Å². The van der Waals surface area contributed by atoms with Crippen LogP contribution < -0.4 is 5.32 Å². The highest BCUT2D eigenvalue weighted by molar-refractivity contribution is 5.87. The second-order valence-electron chi connectivity index (χ2n) is 15.7. The zero-order valence-electron chi connectivity index (χ0n) is 32.8. The number of carbonyl (C=O) groups is 4. The van der Waals surface area contributed by atoms with Crippen LogP contribution in [0.15, 0.2) is 36.4 Å². The van der Waals surface area contributed by atoms with Crippen LogP contribution in [0.4, 0.5) is 9.59 Å². The number of fused-ring (bicyclic) bond motifs is 4. The summed E-state index contributed by atoms with van der Waals surface area (Å²) in [6.07, 6.45) is 3.07. The third kappa shape index (κ3) is 7.42. The molecule has 0 spiro atoms. The van der Waals surface area contributed by atoms with Gasteiger partial charge in [-0.2, -0.15) is 0 Å². The molecule has 0 radical (unpaired) electrons. The molecule has 4 atom stereocenters. The maximum atomic E-state index is 13.7. The van der Waals surface area contributed by atoms with E-state index in [1.165, 1.54) is 19.7 Å². The first-order valence-corrected chi connectivity index (χ1v) is 19.5. The topological polar surface area (TPSA) is 177 Å². The van der Waals surface area contributed by atoms with Crippen molar-refractivity contribution in [3.63, 3.8) is 0 Å². The minimum atomic E-state index is -1.13. The van der Waals surface area contributed by atoms with Crippen LogP contribution in [0, 0.1) is 23.7 Å². The third-order valence-electron chi connectivity index (χ3n) is 11.4. The highest BCUT2D eigenvalue weighted by Gasteiger charge is 2.40. The van der Waals surface area contributed by atoms with E-state index in [1.54, 1.807) is 4.90 Å². The van der Waals surface area contributed by atoms with E-state index in [-0.39, 0.29) is 35.7 Å². The molecule has 56 heavy (non-hydrogen) atoms. The Morgan fingerprint density at radius 2 is 1.52 bits per heavy atom. The van der Waals surface area contributed by atoms with E-state index in [0.717, 1.165) is 88.4 Å². The van der Waals surface area contributed by atoms with Crippen molar-refractivity contribution in [2.45, 2.75) is 90.4 Å². The molecule has 14 nitrogen and oxygen atoms in total. The molecule has 0 bridgehead atoms. The number of rotatable bonds is 8. The fourth-order valence-corrected chi connectivity index (χ4v) is 8.46. The summed E-state index contributed by atoms with van der Waals surface area (Å²) in [5, 5.41) is 12.3. The lowest BCUT2D eigenvalue weighted by Crippen LogP contribution is -2.51. The van der Waals surface area contributed by atoms with Crippen molar-refractivity contribution in [2.24, 2.45) is 11.8 Å². The molecule has 7 rings (SSSR count). The Hall–Kier alpha value is -5.84. The number of likely N-dealkylation sites (N-methyl/N-ethyl adjacent to an activating group) is 1. The van der Waals surface area contributed by atoms with Gasteiger partial charge in [0, 0.05) is 42.5 Å². The Bertz CT molecular complexity index is 2230. The normalized spacial score (nSPS) is 18.6. The van der Waals surface area contributed by atoms with Crippen molar-refractivity contribution in [1.82, 2.24) is 40.0 Å². The molecular formula is C42H50N8O6. The molecule has 2 saturated heterocycles. The summed E-state index contributed by atoms with van der Waals surface area (Å²) < 4.78 is 4.78. The summed E-state index contributed by atoms with van der Waals surface area (Å²) >= 11 is 0. The quantitative estimate of drug-likeness (QED) is 0.163. The van der Waals surface area contributed by atoms with E-state index in [4.69, 9.17) is 14.7 Å². The number of nitrogens with zero attached hydrogens (tertiary/aromatic N) is 5. The van der Waals surface area contributed by atoms with Crippen molar-refractivity contribution in [1.29, 1.82) is 0 Å². The average molecular weight is 763 g/mol. The number of carbonyl (C=O) groups excluding carboxylic acids is 3. The number of imidazole rings is 2. The Balaban J connectivity index is 1.07. The summed E-state index contributed by atoms with van der Waals surface area (Å²) in [4.78, 5) is 72.6. The molecular weight excluding hydrogens is 713 g/mol. The highest BCUT2D eigenvalue weighted by atomic mass is 16.5. The summed E-state index contributed by atoms with van der Waals surface area (Å²) in [6, 6.07) is 10.1. The Morgan fingerprint density at radius 1 is 0.875 bits per heavy atom. The molecule has 2 fully saturated rings. The van der Waals surface area contributed by atoms with Gasteiger partial charge in [-0.1, -0.05) is 45.6 Å². The molecule has 2 aromatic heterocycles. The zero-order chi connectivity index (χ0) is 39.8. The van der Waals surface area contributed by atoms with Gasteiger partial charge in [-0.3, -0.25) is 14.5 Å². The number of aromatic nitrogens is 4. The number of hydrogen-bond donors (Lipinski definition) is 4. The third-order valence-corrected chi connectivity index (χ3v) is 11.4. The highest BCUT2D eigenvalue weighted by Crippen LogP contribution is 2.38. The van der Waals surface area contributed by atoms with Gasteiger partial charge in [0.05, 0.1) is 35.9 Å². The fraction of sp³-hybridized carbons (Fsp3) is 0.476. The standard InChI is InChI=1S/C42H50N8O6/c1-23(2)34(47-41(53)56-6)39(51)49-19-7-10-33(49)38-44-30-18-15-27-21-25(13-16-28(27)35(30)46-38)11-12-26-14-17-29-31(22-26)45-37(43-29)32-9-8-20-50(32)40(52)36(24(3)4)48(5)42(54)55/h13-14,16-17,21-24,32-34,36H,7-10,15,18-20H2,1-6H3,(H,43,45)(H,44,46)(H,47,53)(H,54,55)/t32-,33?,34-,36-/m0/s1. The predicted molar refractivity (Wildman–Crippen MR) is 209 cm³/mol. The molecule has 1 aliphatic carbocycles. The lowest BCUT2D eigenvalue weighted by Gasteiger charge is -2.33. The maximum absolute atomic E-state index is 13.7. The summed E-state index contributed by atoms with van der Waals surface area (Å²) in [5.41, 5.74) is 7.51. The molecule has 14 heteroatoms. The number of amides is 4. The van der Waals surface area contributed by atoms with Crippen LogP contribution in [0.5, 0.6) is 0 Å². The van der Waals surface area contributed by atoms with E-state index < -0.39 is 24.3 Å². The van der Waals surface area contributed by atoms with Crippen molar-refractivity contribution in [3.05, 3.63) is 70.4 Å². The van der Waals surface area contributed by atoms with Gasteiger partial charge in [0.15, 0.2) is 0 Å². The van der Waals surface area contributed by atoms with E-state index in [9.17, 15) is 24.3 Å². The van der Waals surface area contributed by atoms with Gasteiger partial charge in [0.25, 0.3) is 0 Å². The number of hydrogen-bond acceptors (Lipinski definition) is 7. The van der Waals surface area contributed by atoms with Gasteiger partial charge in [0.2, 0.25) is 11.8 Å². The second-order valence-corrected chi connectivity index (χ2v) is 15.7. The number of ether oxygens (including phenoxy) is 1. The van der Waals surface area contributed by atoms with Crippen LogP contribution in [0.1, 0.15) is 99.5 Å². The van der Waals surface area contributed by atoms with Crippen LogP contribution in [-0.2, 0) is 27.2 Å². The van der Waals surface area contributed by atoms with E-state index in [2.05, 4.69) is 39.3 Å². The SMILES string of the molecule is COC(=O)N[C@H](C(=O)N1CCCC1c1nc2c([nH]1)CCc1cc(C#Cc3ccc4nc([C@@H]5CCCN5C(=O)[C@H](C(C)C)N(C)C(=O)O)[nH]c4c3)ccc1-2)C(C)C. The van der Waals surface area contributed by atoms with Crippen LogP contribution in [0.2, 0.25) is 0 Å². The van der Waals surface area contributed by atoms with Crippen molar-refractivity contribution < 1.29 is 29.0 Å². The lowest BCUT2D eigenvalue weighted by atomic mass is 9.91. The smallest absolute Gasteiger partial charge is 0.407 e. The molecule has 4 N–H and O–H groups in total. The number of likely N-dealkylation sites (tertiary alicyclic amines) is 2. The molecule has 2 aliphatic heterocycles. The number of carboxylic acid groups (broad SMARTS) is 1. The molecule has 2 aromatic carbocycles. The van der Waals surface area contributed by atoms with Crippen molar-refractivity contribution in [3.8, 4) is 23.1 Å². The van der Waals surface area contributed by atoms with Gasteiger partial charge in [-0.05, 0) is 86.3 Å². The summed E-state index contributed by atoms with van der Waals surface area (Å²) in [6.45, 7) is 8.68. The predicted octanol–water partition coefficient (Wildman–Crippen LogP) is 5.79. The number of alkyl carbamates (subject to hydrolysis) is 1. The number of aromatic amines is 2. The number of methoxy groups -OCH3 is 1.